The van der Waals surface area contributed by atoms with Crippen molar-refractivity contribution in [1.29, 1.82) is 0 Å². The summed E-state index contributed by atoms with van der Waals surface area (Å²) in [4.78, 5) is 16.2. The summed E-state index contributed by atoms with van der Waals surface area (Å²) in [6.45, 7) is 0. The molecule has 0 fully saturated rings. The number of nitrogens with zero attached hydrogens (tertiary/aromatic N) is 1. The summed E-state index contributed by atoms with van der Waals surface area (Å²) in [7, 11) is 1.83. The summed E-state index contributed by atoms with van der Waals surface area (Å²) in [6, 6.07) is 9.35. The first kappa shape index (κ1) is 12.9. The summed E-state index contributed by atoms with van der Waals surface area (Å²) in [5.41, 5.74) is 1.72. The predicted octanol–water partition coefficient (Wildman–Crippen LogP) is 2.96. The molecule has 1 atom stereocenters. The topological polar surface area (TPSA) is 63.2 Å². The number of nitrogens with one attached hydrogen (secondary N) is 2. The molecule has 0 aliphatic carbocycles. The smallest absolute Gasteiger partial charge is 0.271 e. The molecule has 1 aliphatic heterocycles. The molecule has 1 unspecified atom stereocenters. The van der Waals surface area contributed by atoms with Crippen molar-refractivity contribution < 1.29 is 9.53 Å². The van der Waals surface area contributed by atoms with Crippen LogP contribution in [0.25, 0.3) is 0 Å². The summed E-state index contributed by atoms with van der Waals surface area (Å²) in [5.74, 6) is 0.777. The Morgan fingerprint density at radius 1 is 1.40 bits per heavy atom. The molecule has 102 valence electrons. The highest BCUT2D eigenvalue weighted by Crippen LogP contribution is 2.35. The molecule has 0 saturated carbocycles. The number of fused-ring (bicyclic) bond motifs is 1. The van der Waals surface area contributed by atoms with Crippen molar-refractivity contribution in [1.82, 2.24) is 4.98 Å². The maximum absolute atomic E-state index is 12.1. The minimum Gasteiger partial charge on any atom is -0.472 e. The van der Waals surface area contributed by atoms with E-state index in [9.17, 15) is 4.79 Å². The average Bonchev–Trinajstić information content (AvgIpc) is 2.47. The van der Waals surface area contributed by atoms with Crippen LogP contribution in [0.1, 0.15) is 11.7 Å². The predicted molar refractivity (Wildman–Crippen MR) is 79.9 cm³/mol. The van der Waals surface area contributed by atoms with Crippen LogP contribution in [-0.4, -0.2) is 17.9 Å². The number of rotatable bonds is 2. The first-order valence-electron chi connectivity index (χ1n) is 6.08. The van der Waals surface area contributed by atoms with Gasteiger partial charge in [-0.05, 0) is 34.1 Å². The number of anilines is 2. The summed E-state index contributed by atoms with van der Waals surface area (Å²) < 4.78 is 6.58. The van der Waals surface area contributed by atoms with Gasteiger partial charge in [0.15, 0.2) is 11.6 Å². The van der Waals surface area contributed by atoms with Crippen LogP contribution in [0.3, 0.4) is 0 Å². The van der Waals surface area contributed by atoms with Crippen molar-refractivity contribution in [3.8, 4) is 5.75 Å². The van der Waals surface area contributed by atoms with Gasteiger partial charge in [-0.1, -0.05) is 12.1 Å². The summed E-state index contributed by atoms with van der Waals surface area (Å²) in [5, 5.41) is 5.80. The van der Waals surface area contributed by atoms with Gasteiger partial charge < -0.3 is 15.4 Å². The first-order valence-corrected chi connectivity index (χ1v) is 6.87. The lowest BCUT2D eigenvalue weighted by molar-refractivity contribution is -0.123. The van der Waals surface area contributed by atoms with Crippen molar-refractivity contribution in [3.05, 3.63) is 46.6 Å². The standard InChI is InChI=1S/C14H12BrN3O2/c1-16-10-4-2-3-8(5-10)12-14(19)18-13-11(20-12)6-9(15)7-17-13/h2-7,12,16H,1H3,(H,17,18,19). The Balaban J connectivity index is 1.97. The van der Waals surface area contributed by atoms with E-state index >= 15 is 0 Å². The molecule has 0 spiro atoms. The highest BCUT2D eigenvalue weighted by molar-refractivity contribution is 9.10. The van der Waals surface area contributed by atoms with E-state index in [1.54, 1.807) is 12.3 Å². The lowest BCUT2D eigenvalue weighted by Crippen LogP contribution is -2.30. The molecule has 1 aromatic heterocycles. The number of hydrogen-bond donors (Lipinski definition) is 2. The van der Waals surface area contributed by atoms with Gasteiger partial charge in [-0.15, -0.1) is 0 Å². The molecule has 0 bridgehead atoms. The van der Waals surface area contributed by atoms with E-state index < -0.39 is 6.10 Å². The second-order valence-electron chi connectivity index (χ2n) is 4.36. The fraction of sp³-hybridized carbons (Fsp3) is 0.143. The van der Waals surface area contributed by atoms with E-state index in [0.29, 0.717) is 11.6 Å². The third-order valence-corrected chi connectivity index (χ3v) is 3.46. The fourth-order valence-electron chi connectivity index (χ4n) is 2.04. The first-order chi connectivity index (χ1) is 9.67. The van der Waals surface area contributed by atoms with E-state index in [0.717, 1.165) is 15.7 Å². The van der Waals surface area contributed by atoms with Gasteiger partial charge >= 0.3 is 0 Å². The van der Waals surface area contributed by atoms with Crippen LogP contribution in [0.4, 0.5) is 11.5 Å². The van der Waals surface area contributed by atoms with Crippen LogP contribution in [-0.2, 0) is 4.79 Å². The lowest BCUT2D eigenvalue weighted by atomic mass is 10.1. The molecule has 0 radical (unpaired) electrons. The minimum absolute atomic E-state index is 0.222. The maximum Gasteiger partial charge on any atom is 0.271 e. The van der Waals surface area contributed by atoms with Crippen LogP contribution in [0, 0.1) is 0 Å². The van der Waals surface area contributed by atoms with Crippen molar-refractivity contribution in [2.45, 2.75) is 6.10 Å². The van der Waals surface area contributed by atoms with E-state index in [4.69, 9.17) is 4.74 Å². The zero-order chi connectivity index (χ0) is 14.1. The number of carbonyl (C=O) groups excluding carboxylic acids is 1. The number of aromatic nitrogens is 1. The Bertz CT molecular complexity index is 675. The van der Waals surface area contributed by atoms with E-state index in [2.05, 4.69) is 31.5 Å². The number of hydrogen-bond acceptors (Lipinski definition) is 4. The van der Waals surface area contributed by atoms with Gasteiger partial charge in [-0.3, -0.25) is 4.79 Å². The molecular weight excluding hydrogens is 322 g/mol. The Morgan fingerprint density at radius 3 is 3.05 bits per heavy atom. The monoisotopic (exact) mass is 333 g/mol. The van der Waals surface area contributed by atoms with Gasteiger partial charge in [0, 0.05) is 29.0 Å². The Labute approximate surface area is 124 Å². The molecule has 5 nitrogen and oxygen atoms in total. The zero-order valence-corrected chi connectivity index (χ0v) is 12.3. The van der Waals surface area contributed by atoms with Crippen LogP contribution in [0.15, 0.2) is 41.0 Å². The Kier molecular flexibility index (Phi) is 3.31. The van der Waals surface area contributed by atoms with Crippen molar-refractivity contribution in [2.75, 3.05) is 17.7 Å². The molecule has 3 rings (SSSR count). The Hall–Kier alpha value is -2.08. The molecule has 1 aliphatic rings. The SMILES string of the molecule is CNc1cccc(C2Oc3cc(Br)cnc3NC2=O)c1. The highest BCUT2D eigenvalue weighted by atomic mass is 79.9. The second-order valence-corrected chi connectivity index (χ2v) is 5.28. The minimum atomic E-state index is -0.674. The molecule has 2 heterocycles. The quantitative estimate of drug-likeness (QED) is 0.886. The molecule has 1 amide bonds. The number of ether oxygens (including phenoxy) is 1. The second kappa shape index (κ2) is 5.13. The average molecular weight is 334 g/mol. The number of pyridine rings is 1. The van der Waals surface area contributed by atoms with Gasteiger partial charge in [0.05, 0.1) is 0 Å². The van der Waals surface area contributed by atoms with Gasteiger partial charge in [0.2, 0.25) is 6.10 Å². The van der Waals surface area contributed by atoms with Gasteiger partial charge in [0.1, 0.15) is 0 Å². The van der Waals surface area contributed by atoms with E-state index in [-0.39, 0.29) is 5.91 Å². The van der Waals surface area contributed by atoms with Crippen molar-refractivity contribution in [3.63, 3.8) is 0 Å². The molecule has 1 aromatic carbocycles. The van der Waals surface area contributed by atoms with Crippen LogP contribution in [0.2, 0.25) is 0 Å². The van der Waals surface area contributed by atoms with E-state index in [1.807, 2.05) is 31.3 Å². The number of benzene rings is 1. The lowest BCUT2D eigenvalue weighted by Gasteiger charge is -2.25. The fourth-order valence-corrected chi connectivity index (χ4v) is 2.35. The van der Waals surface area contributed by atoms with Gasteiger partial charge in [0.25, 0.3) is 5.91 Å². The molecule has 20 heavy (non-hydrogen) atoms. The zero-order valence-electron chi connectivity index (χ0n) is 10.7. The molecule has 0 saturated heterocycles. The van der Waals surface area contributed by atoms with E-state index in [1.165, 1.54) is 0 Å². The molecule has 2 N–H and O–H groups in total. The number of carbonyl (C=O) groups is 1. The molecule has 6 heteroatoms. The number of halogens is 1. The number of amides is 1. The highest BCUT2D eigenvalue weighted by Gasteiger charge is 2.30. The molecule has 2 aromatic rings. The molecular formula is C14H12BrN3O2. The Morgan fingerprint density at radius 2 is 2.25 bits per heavy atom. The largest absolute Gasteiger partial charge is 0.472 e. The van der Waals surface area contributed by atoms with Crippen LogP contribution in [0.5, 0.6) is 5.75 Å². The summed E-state index contributed by atoms with van der Waals surface area (Å²) in [6.07, 6.45) is 0.941. The van der Waals surface area contributed by atoms with Gasteiger partial charge in [-0.25, -0.2) is 4.98 Å². The normalized spacial score (nSPS) is 16.9. The van der Waals surface area contributed by atoms with Gasteiger partial charge in [-0.2, -0.15) is 0 Å². The van der Waals surface area contributed by atoms with Crippen molar-refractivity contribution in [2.24, 2.45) is 0 Å². The third kappa shape index (κ3) is 2.34. The maximum atomic E-state index is 12.1. The van der Waals surface area contributed by atoms with Crippen LogP contribution >= 0.6 is 15.9 Å². The summed E-state index contributed by atoms with van der Waals surface area (Å²) >= 11 is 3.34. The van der Waals surface area contributed by atoms with Crippen molar-refractivity contribution >= 4 is 33.3 Å². The third-order valence-electron chi connectivity index (χ3n) is 3.02. The van der Waals surface area contributed by atoms with Crippen LogP contribution < -0.4 is 15.4 Å².